The molecule has 0 atom stereocenters. The van der Waals surface area contributed by atoms with Crippen molar-refractivity contribution >= 4 is 21.8 Å². The average Bonchev–Trinajstić information content (AvgIpc) is 3.54. The Kier molecular flexibility index (Phi) is 7.23. The van der Waals surface area contributed by atoms with Gasteiger partial charge in [0.25, 0.3) is 0 Å². The molecule has 9 rings (SSSR count). The van der Waals surface area contributed by atoms with Gasteiger partial charge < -0.3 is 4.57 Å². The van der Waals surface area contributed by atoms with Crippen LogP contribution in [-0.2, 0) is 10.8 Å². The van der Waals surface area contributed by atoms with E-state index in [1.807, 2.05) is 60.7 Å². The van der Waals surface area contributed by atoms with Gasteiger partial charge in [-0.2, -0.15) is 10.5 Å². The van der Waals surface area contributed by atoms with Crippen LogP contribution in [0.15, 0.2) is 146 Å². The number of aromatic nitrogens is 2. The maximum atomic E-state index is 10.8. The maximum absolute atomic E-state index is 10.8. The van der Waals surface area contributed by atoms with Gasteiger partial charge in [-0.1, -0.05) is 143 Å². The van der Waals surface area contributed by atoms with Crippen LogP contribution < -0.4 is 0 Å². The molecule has 1 aliphatic rings. The van der Waals surface area contributed by atoms with Crippen molar-refractivity contribution in [2.24, 2.45) is 0 Å². The van der Waals surface area contributed by atoms with E-state index in [9.17, 15) is 10.5 Å². The number of para-hydroxylation sites is 2. The number of nitriles is 2. The Morgan fingerprint density at radius 3 is 1.43 bits per heavy atom. The topological polar surface area (TPSA) is 65.4 Å². The van der Waals surface area contributed by atoms with Crippen LogP contribution in [0.2, 0.25) is 0 Å². The molecule has 2 aromatic heterocycles. The van der Waals surface area contributed by atoms with Gasteiger partial charge in [-0.3, -0.25) is 0 Å². The molecule has 0 saturated carbocycles. The molecular weight excluding hydrogens is 645 g/mol. The fourth-order valence-electron chi connectivity index (χ4n) is 8.69. The summed E-state index contributed by atoms with van der Waals surface area (Å²) in [5.41, 5.74) is 12.9. The molecule has 0 N–H and O–H groups in total. The molecule has 4 nitrogen and oxygen atoms in total. The number of nitrogens with zero attached hydrogens (tertiary/aromatic N) is 4. The van der Waals surface area contributed by atoms with Crippen molar-refractivity contribution in [1.82, 2.24) is 9.55 Å². The lowest BCUT2D eigenvalue weighted by Gasteiger charge is -2.44. The van der Waals surface area contributed by atoms with Gasteiger partial charge in [0.2, 0.25) is 0 Å². The fourth-order valence-corrected chi connectivity index (χ4v) is 8.69. The van der Waals surface area contributed by atoms with Gasteiger partial charge >= 0.3 is 0 Å². The van der Waals surface area contributed by atoms with Crippen LogP contribution in [0.3, 0.4) is 0 Å². The van der Waals surface area contributed by atoms with Crippen LogP contribution in [0.25, 0.3) is 61.1 Å². The minimum Gasteiger partial charge on any atom is -0.309 e. The lowest BCUT2D eigenvalue weighted by molar-refractivity contribution is 0.520. The minimum atomic E-state index is -0.368. The van der Waals surface area contributed by atoms with Crippen LogP contribution in [0.5, 0.6) is 0 Å². The van der Waals surface area contributed by atoms with Crippen molar-refractivity contribution in [3.05, 3.63) is 179 Å². The molecule has 0 bridgehead atoms. The smallest absolute Gasteiger partial charge is 0.102 e. The third kappa shape index (κ3) is 4.77. The van der Waals surface area contributed by atoms with E-state index in [1.54, 1.807) is 0 Å². The van der Waals surface area contributed by atoms with E-state index in [1.165, 1.54) is 44.1 Å². The van der Waals surface area contributed by atoms with Crippen molar-refractivity contribution in [3.63, 3.8) is 0 Å². The van der Waals surface area contributed by atoms with Crippen molar-refractivity contribution in [1.29, 1.82) is 10.5 Å². The van der Waals surface area contributed by atoms with E-state index in [0.717, 1.165) is 22.4 Å². The molecule has 0 saturated heterocycles. The first-order valence-electron chi connectivity index (χ1n) is 18.0. The van der Waals surface area contributed by atoms with E-state index in [-0.39, 0.29) is 10.8 Å². The van der Waals surface area contributed by atoms with Gasteiger partial charge in [0.1, 0.15) is 12.1 Å². The van der Waals surface area contributed by atoms with Crippen molar-refractivity contribution in [3.8, 4) is 51.5 Å². The highest BCUT2D eigenvalue weighted by Gasteiger charge is 2.42. The summed E-state index contributed by atoms with van der Waals surface area (Å²) in [4.78, 5) is 5.03. The molecule has 6 aromatic carbocycles. The largest absolute Gasteiger partial charge is 0.309 e. The Hall–Kier alpha value is -6.75. The molecule has 252 valence electrons. The third-order valence-electron chi connectivity index (χ3n) is 11.4. The Morgan fingerprint density at radius 2 is 0.925 bits per heavy atom. The van der Waals surface area contributed by atoms with Crippen LogP contribution in [0.4, 0.5) is 0 Å². The summed E-state index contributed by atoms with van der Waals surface area (Å²) in [7, 11) is 0. The van der Waals surface area contributed by atoms with Crippen molar-refractivity contribution in [2.45, 2.75) is 38.5 Å². The van der Waals surface area contributed by atoms with E-state index in [4.69, 9.17) is 4.98 Å². The predicted molar refractivity (Wildman–Crippen MR) is 215 cm³/mol. The molecule has 0 spiro atoms. The first-order chi connectivity index (χ1) is 25.7. The molecule has 2 heterocycles. The van der Waals surface area contributed by atoms with Crippen molar-refractivity contribution in [2.75, 3.05) is 0 Å². The van der Waals surface area contributed by atoms with E-state index in [2.05, 4.69) is 129 Å². The summed E-state index contributed by atoms with van der Waals surface area (Å²) in [6, 6.07) is 55.3. The second-order valence-electron chi connectivity index (χ2n) is 15.0. The highest BCUT2D eigenvalue weighted by Crippen LogP contribution is 2.52. The SMILES string of the molecule is CC1(C)c2ccc(-n3c4ccccc4c4ccccc43)cc2C(C)(C)c2ccc(-c3c(C#N)c(-c4ccccc4)nc(-c4ccccc4)c3C#N)cc21. The summed E-state index contributed by atoms with van der Waals surface area (Å²) in [6.07, 6.45) is 0. The quantitative estimate of drug-likeness (QED) is 0.186. The van der Waals surface area contributed by atoms with Gasteiger partial charge in [0.05, 0.1) is 33.5 Å². The zero-order valence-corrected chi connectivity index (χ0v) is 30.1. The molecule has 1 aliphatic carbocycles. The lowest BCUT2D eigenvalue weighted by atomic mass is 9.59. The standard InChI is InChI=1S/C49H36N4/c1-48(2)40-26-24-34(53-43-21-13-11-19-35(43)36-20-12-14-22-44(36)53)28-42(40)49(3,4)39-25-23-33(27-41(39)48)45-37(29-50)46(31-15-7-5-8-16-31)52-47(38(45)30-51)32-17-9-6-10-18-32/h5-28H,1-4H3. The second-order valence-corrected chi connectivity index (χ2v) is 15.0. The molecular formula is C49H36N4. The molecule has 8 aromatic rings. The van der Waals surface area contributed by atoms with Gasteiger partial charge in [0, 0.05) is 44.0 Å². The predicted octanol–water partition coefficient (Wildman–Crippen LogP) is 11.9. The summed E-state index contributed by atoms with van der Waals surface area (Å²) in [5, 5.41) is 24.1. The zero-order valence-electron chi connectivity index (χ0n) is 30.1. The average molecular weight is 681 g/mol. The molecule has 4 heteroatoms. The first kappa shape index (κ1) is 32.2. The first-order valence-corrected chi connectivity index (χ1v) is 18.0. The van der Waals surface area contributed by atoms with Crippen LogP contribution in [0, 0.1) is 22.7 Å². The normalized spacial score (nSPS) is 13.9. The number of benzene rings is 6. The van der Waals surface area contributed by atoms with Crippen molar-refractivity contribution < 1.29 is 0 Å². The number of pyridine rings is 1. The highest BCUT2D eigenvalue weighted by atomic mass is 15.0. The summed E-state index contributed by atoms with van der Waals surface area (Å²) in [6.45, 7) is 9.20. The zero-order chi connectivity index (χ0) is 36.5. The third-order valence-corrected chi connectivity index (χ3v) is 11.4. The van der Waals surface area contributed by atoms with Crippen LogP contribution in [0.1, 0.15) is 61.1 Å². The number of hydrogen-bond donors (Lipinski definition) is 0. The number of hydrogen-bond acceptors (Lipinski definition) is 3. The van der Waals surface area contributed by atoms with E-state index in [0.29, 0.717) is 28.1 Å². The molecule has 0 radical (unpaired) electrons. The fraction of sp³-hybridized carbons (Fsp3) is 0.122. The molecule has 0 amide bonds. The Balaban J connectivity index is 1.26. The molecule has 0 aliphatic heterocycles. The van der Waals surface area contributed by atoms with Crippen LogP contribution >= 0.6 is 0 Å². The summed E-state index contributed by atoms with van der Waals surface area (Å²) in [5.74, 6) is 0. The summed E-state index contributed by atoms with van der Waals surface area (Å²) < 4.78 is 2.39. The Morgan fingerprint density at radius 1 is 0.472 bits per heavy atom. The van der Waals surface area contributed by atoms with Gasteiger partial charge in [-0.25, -0.2) is 4.98 Å². The second kappa shape index (κ2) is 11.9. The van der Waals surface area contributed by atoms with Gasteiger partial charge in [-0.05, 0) is 58.1 Å². The monoisotopic (exact) mass is 680 g/mol. The lowest BCUT2D eigenvalue weighted by Crippen LogP contribution is -2.36. The van der Waals surface area contributed by atoms with E-state index < -0.39 is 0 Å². The number of rotatable bonds is 4. The number of fused-ring (bicyclic) bond motifs is 5. The van der Waals surface area contributed by atoms with Crippen LogP contribution in [-0.4, -0.2) is 9.55 Å². The van der Waals surface area contributed by atoms with Gasteiger partial charge in [-0.15, -0.1) is 0 Å². The molecule has 0 unspecified atom stereocenters. The molecule has 0 fully saturated rings. The van der Waals surface area contributed by atoms with Gasteiger partial charge in [0.15, 0.2) is 0 Å². The minimum absolute atomic E-state index is 0.327. The summed E-state index contributed by atoms with van der Waals surface area (Å²) >= 11 is 0. The maximum Gasteiger partial charge on any atom is 0.102 e. The highest BCUT2D eigenvalue weighted by molar-refractivity contribution is 6.09. The Labute approximate surface area is 309 Å². The molecule has 53 heavy (non-hydrogen) atoms. The Bertz CT molecular complexity index is 2720. The van der Waals surface area contributed by atoms with E-state index >= 15 is 0 Å².